The SMILES string of the molecule is CC(C)(C)S(=O)(=O)N1C[C@@H]1Cc1ccccc1. The largest absolute Gasteiger partial charge is 0.219 e. The van der Waals surface area contributed by atoms with Crippen LogP contribution in [0.2, 0.25) is 0 Å². The summed E-state index contributed by atoms with van der Waals surface area (Å²) in [6.07, 6.45) is 0.816. The molecule has 2 rings (SSSR count). The molecule has 1 aliphatic rings. The molecule has 0 N–H and O–H groups in total. The van der Waals surface area contributed by atoms with Crippen LogP contribution >= 0.6 is 0 Å². The Bertz CT molecular complexity index is 488. The van der Waals surface area contributed by atoms with Crippen molar-refractivity contribution in [1.82, 2.24) is 4.31 Å². The van der Waals surface area contributed by atoms with Crippen molar-refractivity contribution in [2.24, 2.45) is 0 Å². The highest BCUT2D eigenvalue weighted by molar-refractivity contribution is 7.90. The molecule has 1 fully saturated rings. The van der Waals surface area contributed by atoms with Crippen LogP contribution < -0.4 is 0 Å². The summed E-state index contributed by atoms with van der Waals surface area (Å²) in [7, 11) is -3.14. The van der Waals surface area contributed by atoms with Crippen LogP contribution in [0.5, 0.6) is 0 Å². The highest BCUT2D eigenvalue weighted by Gasteiger charge is 2.48. The first kappa shape index (κ1) is 12.6. The van der Waals surface area contributed by atoms with Gasteiger partial charge < -0.3 is 0 Å². The van der Waals surface area contributed by atoms with Crippen LogP contribution in [0.3, 0.4) is 0 Å². The summed E-state index contributed by atoms with van der Waals surface area (Å²) in [6.45, 7) is 5.91. The number of hydrogen-bond acceptors (Lipinski definition) is 2. The van der Waals surface area contributed by atoms with E-state index in [2.05, 4.69) is 0 Å². The third kappa shape index (κ3) is 2.53. The molecule has 0 aromatic heterocycles. The number of benzene rings is 1. The Morgan fingerprint density at radius 3 is 2.35 bits per heavy atom. The Morgan fingerprint density at radius 2 is 1.82 bits per heavy atom. The van der Waals surface area contributed by atoms with E-state index in [1.54, 1.807) is 25.1 Å². The van der Waals surface area contributed by atoms with Crippen molar-refractivity contribution >= 4 is 10.0 Å². The molecule has 0 bridgehead atoms. The molecular formula is C13H19NO2S. The van der Waals surface area contributed by atoms with Crippen LogP contribution in [0.15, 0.2) is 30.3 Å². The van der Waals surface area contributed by atoms with Crippen molar-refractivity contribution in [3.05, 3.63) is 35.9 Å². The van der Waals surface area contributed by atoms with Crippen molar-refractivity contribution in [3.63, 3.8) is 0 Å². The maximum absolute atomic E-state index is 12.1. The minimum absolute atomic E-state index is 0.154. The molecule has 94 valence electrons. The zero-order valence-electron chi connectivity index (χ0n) is 10.6. The lowest BCUT2D eigenvalue weighted by atomic mass is 10.1. The van der Waals surface area contributed by atoms with E-state index in [0.29, 0.717) is 6.54 Å². The normalized spacial score (nSPS) is 24.6. The predicted octanol–water partition coefficient (Wildman–Crippen LogP) is 2.04. The van der Waals surface area contributed by atoms with Gasteiger partial charge in [-0.2, -0.15) is 4.31 Å². The molecule has 1 saturated heterocycles. The summed E-state index contributed by atoms with van der Waals surface area (Å²) in [5.41, 5.74) is 1.20. The van der Waals surface area contributed by atoms with E-state index < -0.39 is 14.8 Å². The lowest BCUT2D eigenvalue weighted by Crippen LogP contribution is -2.34. The Morgan fingerprint density at radius 1 is 1.24 bits per heavy atom. The summed E-state index contributed by atoms with van der Waals surface area (Å²) in [4.78, 5) is 0. The number of nitrogens with zero attached hydrogens (tertiary/aromatic N) is 1. The minimum atomic E-state index is -3.14. The highest BCUT2D eigenvalue weighted by atomic mass is 32.2. The molecule has 1 unspecified atom stereocenters. The second-order valence-electron chi connectivity index (χ2n) is 5.53. The fraction of sp³-hybridized carbons (Fsp3) is 0.538. The minimum Gasteiger partial charge on any atom is -0.212 e. The Kier molecular flexibility index (Phi) is 3.04. The molecule has 3 nitrogen and oxygen atoms in total. The fourth-order valence-electron chi connectivity index (χ4n) is 1.86. The first-order valence-corrected chi connectivity index (χ1v) is 7.32. The van der Waals surface area contributed by atoms with Gasteiger partial charge in [0.15, 0.2) is 0 Å². The first-order chi connectivity index (χ1) is 7.82. The average molecular weight is 253 g/mol. The standard InChI is InChI=1S/C13H19NO2S/c1-13(2,3)17(15,16)14-10-12(14)9-11-7-5-4-6-8-11/h4-8,12H,9-10H2,1-3H3/t12-,14?/m0/s1. The topological polar surface area (TPSA) is 37.1 Å². The van der Waals surface area contributed by atoms with Crippen molar-refractivity contribution in [2.75, 3.05) is 6.54 Å². The second-order valence-corrected chi connectivity index (χ2v) is 8.17. The third-order valence-electron chi connectivity index (χ3n) is 3.06. The second kappa shape index (κ2) is 4.10. The van der Waals surface area contributed by atoms with Gasteiger partial charge in [-0.1, -0.05) is 30.3 Å². The summed E-state index contributed by atoms with van der Waals surface area (Å²) in [5, 5.41) is 0. The van der Waals surface area contributed by atoms with Crippen LogP contribution in [0.25, 0.3) is 0 Å². The van der Waals surface area contributed by atoms with Crippen LogP contribution in [-0.4, -0.2) is 30.1 Å². The molecule has 0 radical (unpaired) electrons. The van der Waals surface area contributed by atoms with E-state index >= 15 is 0 Å². The monoisotopic (exact) mass is 253 g/mol. The molecule has 0 aliphatic carbocycles. The van der Waals surface area contributed by atoms with Gasteiger partial charge in [0, 0.05) is 12.6 Å². The molecule has 1 aromatic carbocycles. The van der Waals surface area contributed by atoms with Gasteiger partial charge in [-0.15, -0.1) is 0 Å². The van der Waals surface area contributed by atoms with Gasteiger partial charge in [-0.25, -0.2) is 8.42 Å². The van der Waals surface area contributed by atoms with Crippen LogP contribution in [-0.2, 0) is 16.4 Å². The summed E-state index contributed by atoms with van der Waals surface area (Å²) < 4.78 is 25.2. The molecule has 1 aliphatic heterocycles. The van der Waals surface area contributed by atoms with Gasteiger partial charge in [0.25, 0.3) is 0 Å². The maximum atomic E-state index is 12.1. The quantitative estimate of drug-likeness (QED) is 0.773. The zero-order valence-corrected chi connectivity index (χ0v) is 11.4. The van der Waals surface area contributed by atoms with Crippen molar-refractivity contribution in [3.8, 4) is 0 Å². The molecule has 1 heterocycles. The summed E-state index contributed by atoms with van der Waals surface area (Å²) in [6, 6.07) is 10.2. The lowest BCUT2D eigenvalue weighted by Gasteiger charge is -2.20. The van der Waals surface area contributed by atoms with Gasteiger partial charge in [0.2, 0.25) is 10.0 Å². The van der Waals surface area contributed by atoms with Crippen molar-refractivity contribution in [2.45, 2.75) is 38.0 Å². The maximum Gasteiger partial charge on any atom is 0.219 e. The summed E-state index contributed by atoms with van der Waals surface area (Å²) in [5.74, 6) is 0. The van der Waals surface area contributed by atoms with E-state index in [0.717, 1.165) is 6.42 Å². The highest BCUT2D eigenvalue weighted by Crippen LogP contribution is 2.32. The van der Waals surface area contributed by atoms with E-state index in [4.69, 9.17) is 0 Å². The van der Waals surface area contributed by atoms with E-state index in [9.17, 15) is 8.42 Å². The van der Waals surface area contributed by atoms with Crippen LogP contribution in [0, 0.1) is 0 Å². The van der Waals surface area contributed by atoms with E-state index in [1.807, 2.05) is 30.3 Å². The van der Waals surface area contributed by atoms with Crippen molar-refractivity contribution < 1.29 is 8.42 Å². The molecule has 0 saturated carbocycles. The molecule has 4 heteroatoms. The Hall–Kier alpha value is -0.870. The smallest absolute Gasteiger partial charge is 0.212 e. The van der Waals surface area contributed by atoms with Gasteiger partial charge in [0.05, 0.1) is 4.75 Å². The van der Waals surface area contributed by atoms with Crippen LogP contribution in [0.4, 0.5) is 0 Å². The van der Waals surface area contributed by atoms with Crippen molar-refractivity contribution in [1.29, 1.82) is 0 Å². The Labute approximate surface area is 104 Å². The van der Waals surface area contributed by atoms with Gasteiger partial charge in [-0.3, -0.25) is 0 Å². The molecule has 17 heavy (non-hydrogen) atoms. The molecule has 0 amide bonds. The van der Waals surface area contributed by atoms with Crippen LogP contribution in [0.1, 0.15) is 26.3 Å². The average Bonchev–Trinajstić information content (AvgIpc) is 2.97. The van der Waals surface area contributed by atoms with E-state index in [1.165, 1.54) is 5.56 Å². The zero-order chi connectivity index (χ0) is 12.7. The third-order valence-corrected chi connectivity index (χ3v) is 5.67. The van der Waals surface area contributed by atoms with Gasteiger partial charge >= 0.3 is 0 Å². The molecule has 2 atom stereocenters. The fourth-order valence-corrected chi connectivity index (χ4v) is 3.40. The summed E-state index contributed by atoms with van der Waals surface area (Å²) >= 11 is 0. The Balaban J connectivity index is 2.03. The van der Waals surface area contributed by atoms with Gasteiger partial charge in [0.1, 0.15) is 0 Å². The molecule has 1 aromatic rings. The van der Waals surface area contributed by atoms with E-state index in [-0.39, 0.29) is 6.04 Å². The molecule has 0 spiro atoms. The van der Waals surface area contributed by atoms with Gasteiger partial charge in [-0.05, 0) is 32.8 Å². The number of sulfonamides is 1. The number of rotatable bonds is 3. The molecular weight excluding hydrogens is 234 g/mol. The predicted molar refractivity (Wildman–Crippen MR) is 69.3 cm³/mol. The first-order valence-electron chi connectivity index (χ1n) is 5.88. The lowest BCUT2D eigenvalue weighted by molar-refractivity contribution is 0.515. The number of hydrogen-bond donors (Lipinski definition) is 0.